The fraction of sp³-hybridized carbons (Fsp3) is 0.227. The molecule has 2 aromatic carbocycles. The molecule has 3 aromatic rings. The van der Waals surface area contributed by atoms with Gasteiger partial charge in [-0.3, -0.25) is 19.8 Å². The highest BCUT2D eigenvalue weighted by atomic mass is 35.5. The van der Waals surface area contributed by atoms with Crippen molar-refractivity contribution in [2.75, 3.05) is 26.2 Å². The minimum absolute atomic E-state index is 0.0280. The largest absolute Gasteiger partial charge is 0.450 e. The SMILES string of the molecule is O=C(c1ccc(Oc2ccc(Cl)cc2[N+](=O)[O-])cc1)N1CCN(Cc2cccs2)CC1. The van der Waals surface area contributed by atoms with Gasteiger partial charge in [-0.05, 0) is 47.8 Å². The third-order valence-electron chi connectivity index (χ3n) is 5.07. The molecule has 7 nitrogen and oxygen atoms in total. The molecule has 0 unspecified atom stereocenters. The molecule has 9 heteroatoms. The van der Waals surface area contributed by atoms with Gasteiger partial charge in [0.2, 0.25) is 5.75 Å². The Kier molecular flexibility index (Phi) is 6.50. The zero-order chi connectivity index (χ0) is 21.8. The number of benzene rings is 2. The smallest absolute Gasteiger partial charge is 0.313 e. The monoisotopic (exact) mass is 457 g/mol. The Labute approximate surface area is 188 Å². The van der Waals surface area contributed by atoms with E-state index in [4.69, 9.17) is 16.3 Å². The summed E-state index contributed by atoms with van der Waals surface area (Å²) in [6.07, 6.45) is 0. The molecule has 0 spiro atoms. The van der Waals surface area contributed by atoms with Gasteiger partial charge in [0.05, 0.1) is 4.92 Å². The van der Waals surface area contributed by atoms with Crippen LogP contribution in [0.5, 0.6) is 11.5 Å². The normalized spacial score (nSPS) is 14.4. The highest BCUT2D eigenvalue weighted by Gasteiger charge is 2.22. The van der Waals surface area contributed by atoms with Crippen LogP contribution in [0.3, 0.4) is 0 Å². The number of halogens is 1. The van der Waals surface area contributed by atoms with Crippen LogP contribution in [-0.2, 0) is 6.54 Å². The summed E-state index contributed by atoms with van der Waals surface area (Å²) in [7, 11) is 0. The van der Waals surface area contributed by atoms with Crippen molar-refractivity contribution in [3.63, 3.8) is 0 Å². The van der Waals surface area contributed by atoms with Crippen LogP contribution in [-0.4, -0.2) is 46.8 Å². The Balaban J connectivity index is 1.36. The summed E-state index contributed by atoms with van der Waals surface area (Å²) in [5, 5.41) is 13.5. The minimum atomic E-state index is -0.544. The highest BCUT2D eigenvalue weighted by Crippen LogP contribution is 2.33. The first-order valence-electron chi connectivity index (χ1n) is 9.75. The molecule has 2 heterocycles. The third-order valence-corrected chi connectivity index (χ3v) is 6.16. The van der Waals surface area contributed by atoms with Gasteiger partial charge in [0.25, 0.3) is 5.91 Å². The number of hydrogen-bond donors (Lipinski definition) is 0. The number of thiophene rings is 1. The molecule has 1 fully saturated rings. The molecule has 160 valence electrons. The van der Waals surface area contributed by atoms with Crippen LogP contribution in [0.25, 0.3) is 0 Å². The molecule has 0 radical (unpaired) electrons. The summed E-state index contributed by atoms with van der Waals surface area (Å²) >= 11 is 7.58. The predicted octanol–water partition coefficient (Wildman–Crippen LogP) is 5.06. The van der Waals surface area contributed by atoms with Crippen LogP contribution >= 0.6 is 22.9 Å². The molecule has 1 aliphatic rings. The molecule has 1 saturated heterocycles. The van der Waals surface area contributed by atoms with Crippen LogP contribution in [0.2, 0.25) is 5.02 Å². The number of ether oxygens (including phenoxy) is 1. The summed E-state index contributed by atoms with van der Waals surface area (Å²) < 4.78 is 5.64. The summed E-state index contributed by atoms with van der Waals surface area (Å²) in [6.45, 7) is 3.96. The van der Waals surface area contributed by atoms with Crippen molar-refractivity contribution < 1.29 is 14.5 Å². The lowest BCUT2D eigenvalue weighted by Crippen LogP contribution is -2.48. The average Bonchev–Trinajstić information content (AvgIpc) is 3.28. The molecular weight excluding hydrogens is 438 g/mol. The molecule has 31 heavy (non-hydrogen) atoms. The fourth-order valence-corrected chi connectivity index (χ4v) is 4.34. The van der Waals surface area contributed by atoms with Gasteiger partial charge in [0, 0.05) is 54.3 Å². The van der Waals surface area contributed by atoms with E-state index in [9.17, 15) is 14.9 Å². The molecule has 0 bridgehead atoms. The van der Waals surface area contributed by atoms with E-state index < -0.39 is 4.92 Å². The van der Waals surface area contributed by atoms with Gasteiger partial charge >= 0.3 is 5.69 Å². The molecule has 0 atom stereocenters. The van der Waals surface area contributed by atoms with E-state index in [1.807, 2.05) is 4.90 Å². The van der Waals surface area contributed by atoms with Crippen LogP contribution < -0.4 is 4.74 Å². The van der Waals surface area contributed by atoms with Gasteiger partial charge in [-0.15, -0.1) is 11.3 Å². The third kappa shape index (κ3) is 5.22. The first-order chi connectivity index (χ1) is 15.0. The average molecular weight is 458 g/mol. The minimum Gasteiger partial charge on any atom is -0.450 e. The van der Waals surface area contributed by atoms with Crippen LogP contribution in [0.4, 0.5) is 5.69 Å². The van der Waals surface area contributed by atoms with Crippen molar-refractivity contribution in [3.8, 4) is 11.5 Å². The Morgan fingerprint density at radius 3 is 2.48 bits per heavy atom. The maximum atomic E-state index is 12.8. The van der Waals surface area contributed by atoms with Gasteiger partial charge in [-0.1, -0.05) is 17.7 Å². The fourth-order valence-electron chi connectivity index (χ4n) is 3.43. The number of rotatable bonds is 6. The van der Waals surface area contributed by atoms with E-state index >= 15 is 0 Å². The van der Waals surface area contributed by atoms with E-state index in [-0.39, 0.29) is 22.4 Å². The second kappa shape index (κ2) is 9.47. The van der Waals surface area contributed by atoms with Crippen LogP contribution in [0, 0.1) is 10.1 Å². The Morgan fingerprint density at radius 2 is 1.84 bits per heavy atom. The molecule has 0 saturated carbocycles. The molecule has 0 aliphatic carbocycles. The number of nitrogens with zero attached hydrogens (tertiary/aromatic N) is 3. The first kappa shape index (κ1) is 21.3. The van der Waals surface area contributed by atoms with Gasteiger partial charge in [-0.25, -0.2) is 0 Å². The van der Waals surface area contributed by atoms with Crippen molar-refractivity contribution in [1.29, 1.82) is 0 Å². The number of carbonyl (C=O) groups is 1. The van der Waals surface area contributed by atoms with E-state index in [2.05, 4.69) is 22.4 Å². The van der Waals surface area contributed by atoms with Crippen molar-refractivity contribution in [3.05, 3.63) is 85.6 Å². The Bertz CT molecular complexity index is 1060. The van der Waals surface area contributed by atoms with Gasteiger partial charge in [0.15, 0.2) is 0 Å². The van der Waals surface area contributed by atoms with Crippen LogP contribution in [0.15, 0.2) is 60.0 Å². The standard InChI is InChI=1S/C22H20ClN3O4S/c23-17-5-8-21(20(14-17)26(28)29)30-18-6-3-16(4-7-18)22(27)25-11-9-24(10-12-25)15-19-2-1-13-31-19/h1-8,13-14H,9-12,15H2. The van der Waals surface area contributed by atoms with E-state index in [0.717, 1.165) is 19.6 Å². The lowest BCUT2D eigenvalue weighted by molar-refractivity contribution is -0.385. The van der Waals surface area contributed by atoms with E-state index in [1.54, 1.807) is 35.6 Å². The number of carbonyl (C=O) groups excluding carboxylic acids is 1. The quantitative estimate of drug-likeness (QED) is 0.382. The van der Waals surface area contributed by atoms with Gasteiger partial charge < -0.3 is 9.64 Å². The number of nitro groups is 1. The summed E-state index contributed by atoms with van der Waals surface area (Å²) in [5.74, 6) is 0.470. The number of nitro benzene ring substituents is 1. The predicted molar refractivity (Wildman–Crippen MR) is 120 cm³/mol. The second-order valence-corrected chi connectivity index (χ2v) is 8.61. The van der Waals surface area contributed by atoms with Crippen molar-refractivity contribution in [2.45, 2.75) is 6.54 Å². The Morgan fingerprint density at radius 1 is 1.10 bits per heavy atom. The topological polar surface area (TPSA) is 75.9 Å². The summed E-state index contributed by atoms with van der Waals surface area (Å²) in [5.41, 5.74) is 0.345. The van der Waals surface area contributed by atoms with Crippen molar-refractivity contribution in [1.82, 2.24) is 9.80 Å². The Hall–Kier alpha value is -2.94. The number of piperazine rings is 1. The lowest BCUT2D eigenvalue weighted by Gasteiger charge is -2.34. The summed E-state index contributed by atoms with van der Waals surface area (Å²) in [4.78, 5) is 29.0. The maximum absolute atomic E-state index is 12.8. The highest BCUT2D eigenvalue weighted by molar-refractivity contribution is 7.09. The van der Waals surface area contributed by atoms with Crippen LogP contribution in [0.1, 0.15) is 15.2 Å². The van der Waals surface area contributed by atoms with E-state index in [1.165, 1.54) is 23.1 Å². The van der Waals surface area contributed by atoms with Crippen molar-refractivity contribution >= 4 is 34.5 Å². The second-order valence-electron chi connectivity index (χ2n) is 7.14. The zero-order valence-electron chi connectivity index (χ0n) is 16.6. The summed E-state index contributed by atoms with van der Waals surface area (Å²) in [6, 6.07) is 15.0. The molecule has 1 amide bonds. The molecule has 1 aliphatic heterocycles. The lowest BCUT2D eigenvalue weighted by atomic mass is 10.1. The molecule has 0 N–H and O–H groups in total. The molecule has 4 rings (SSSR count). The maximum Gasteiger partial charge on any atom is 0.313 e. The number of hydrogen-bond acceptors (Lipinski definition) is 6. The zero-order valence-corrected chi connectivity index (χ0v) is 18.1. The van der Waals surface area contributed by atoms with Crippen molar-refractivity contribution in [2.24, 2.45) is 0 Å². The number of amides is 1. The van der Waals surface area contributed by atoms with Gasteiger partial charge in [0.1, 0.15) is 5.75 Å². The van der Waals surface area contributed by atoms with E-state index in [0.29, 0.717) is 24.4 Å². The van der Waals surface area contributed by atoms with Gasteiger partial charge in [-0.2, -0.15) is 0 Å². The molecule has 1 aromatic heterocycles. The molecular formula is C22H20ClN3O4S. The first-order valence-corrected chi connectivity index (χ1v) is 11.0.